The van der Waals surface area contributed by atoms with Gasteiger partial charge in [-0.15, -0.1) is 0 Å². The van der Waals surface area contributed by atoms with Gasteiger partial charge in [0.15, 0.2) is 50.9 Å². The summed E-state index contributed by atoms with van der Waals surface area (Å²) in [4.78, 5) is 76.5. The zero-order valence-corrected chi connectivity index (χ0v) is 65.0. The molecule has 582 valence electrons. The molecule has 35 heteroatoms. The van der Waals surface area contributed by atoms with Gasteiger partial charge in [-0.05, 0) is 141 Å². The molecule has 12 aromatic heterocycles. The number of sulfone groups is 4. The number of aryl methyl sites for hydroxylation is 4. The van der Waals surface area contributed by atoms with E-state index < -0.39 is 51.0 Å². The first kappa shape index (κ1) is 79.2. The van der Waals surface area contributed by atoms with Crippen LogP contribution in [0.25, 0.3) is 67.1 Å². The Kier molecular flexibility index (Phi) is 22.7. The third kappa shape index (κ3) is 18.1. The lowest BCUT2D eigenvalue weighted by Gasteiger charge is -2.24. The van der Waals surface area contributed by atoms with Gasteiger partial charge in [-0.2, -0.15) is 0 Å². The minimum Gasteiger partial charge on any atom is -0.477 e. The van der Waals surface area contributed by atoms with E-state index in [2.05, 4.69) is 39.9 Å². The van der Waals surface area contributed by atoms with E-state index in [-0.39, 0.29) is 66.0 Å². The van der Waals surface area contributed by atoms with Crippen molar-refractivity contribution in [2.75, 3.05) is 51.5 Å². The first-order valence-corrected chi connectivity index (χ1v) is 42.4. The highest BCUT2D eigenvalue weighted by Crippen LogP contribution is 2.40. The Morgan fingerprint density at radius 2 is 0.865 bits per heavy atom. The van der Waals surface area contributed by atoms with Gasteiger partial charge < -0.3 is 61.2 Å². The average Bonchev–Trinajstić information content (AvgIpc) is 1.65. The van der Waals surface area contributed by atoms with Crippen molar-refractivity contribution in [2.24, 2.45) is 11.8 Å². The number of aromatic amines is 4. The molecule has 0 bridgehead atoms. The molecule has 29 nitrogen and oxygen atoms in total. The Morgan fingerprint density at radius 1 is 0.486 bits per heavy atom. The number of nitrogens with one attached hydrogen (secondary N) is 4. The quantitative estimate of drug-likeness (QED) is 0.0584. The van der Waals surface area contributed by atoms with Gasteiger partial charge in [0, 0.05) is 118 Å². The fraction of sp³-hybridized carbons (Fsp3) is 0.289. The molecule has 0 amide bonds. The van der Waals surface area contributed by atoms with Gasteiger partial charge in [0.2, 0.25) is 23.5 Å². The molecule has 2 fully saturated rings. The first-order chi connectivity index (χ1) is 52.5. The van der Waals surface area contributed by atoms with Crippen LogP contribution in [0.3, 0.4) is 0 Å². The van der Waals surface area contributed by atoms with Gasteiger partial charge >= 0.3 is 0 Å². The van der Waals surface area contributed by atoms with E-state index >= 15 is 0 Å². The van der Waals surface area contributed by atoms with Crippen LogP contribution in [0.15, 0.2) is 175 Å². The van der Waals surface area contributed by atoms with E-state index in [4.69, 9.17) is 23.7 Å². The lowest BCUT2D eigenvalue weighted by Crippen LogP contribution is -2.26. The second-order valence-corrected chi connectivity index (χ2v) is 35.8. The van der Waals surface area contributed by atoms with E-state index in [1.165, 1.54) is 37.1 Å². The molecule has 4 N–H and O–H groups in total. The number of aromatic nitrogens is 12. The standard InChI is InChI=1S/C20H15F2N3O4S.C19H21N3O5S.C19H23N3O4S.C18H19N3O4S/c1-11-7-16(25-6-5-23-19(26)18(11)25)14-9-13(30(2,27)28)10-24-20(14)29-17-4-3-12(21)8-15(17)22;1-12-9-16(22-6-5-20-18(23)17(12)22)15-10-14(28(2,24)25)11-21-19(15)27-13-3-7-26-8-4-13;1-12(2)10-26-19-15(8-14(9-21-19)11-27(4,24)25)16-7-13(3)17-18(23)20-5-6-22(16)17;1-11-7-15(21-6-5-19-17(22)16(11)21)14-8-13(26(2,23)24)9-20-18(14)25-10-12-3-4-12/h3-10H,1-2H3,(H,23,26);5-6,9-11,13H,3-4,7-8H2,1-2H3,(H,20,23);5-9,12H,10-11H2,1-4H3,(H,20,23);5-9,12H,3-4,10H2,1-2H3,(H,19,22). The minimum absolute atomic E-state index is 0.0557. The number of hydrogen-bond acceptors (Lipinski definition) is 21. The fourth-order valence-electron chi connectivity index (χ4n) is 12.5. The van der Waals surface area contributed by atoms with Crippen LogP contribution < -0.4 is 41.2 Å². The summed E-state index contributed by atoms with van der Waals surface area (Å²) in [5.41, 5.74) is 9.00. The van der Waals surface area contributed by atoms with Crippen molar-refractivity contribution < 1.29 is 66.1 Å². The Balaban J connectivity index is 0.000000138. The highest BCUT2D eigenvalue weighted by atomic mass is 32.2. The molecule has 13 aromatic rings. The van der Waals surface area contributed by atoms with Gasteiger partial charge in [-0.3, -0.25) is 19.2 Å². The Hall–Kier alpha value is -11.4. The third-order valence-electron chi connectivity index (χ3n) is 18.0. The molecular weight excluding hydrogens is 1520 g/mol. The first-order valence-electron chi connectivity index (χ1n) is 34.7. The number of hydrogen-bond donors (Lipinski definition) is 4. The van der Waals surface area contributed by atoms with Crippen LogP contribution in [0.5, 0.6) is 29.3 Å². The van der Waals surface area contributed by atoms with E-state index in [0.717, 1.165) is 85.2 Å². The minimum atomic E-state index is -3.61. The number of ether oxygens (including phenoxy) is 5. The highest BCUT2D eigenvalue weighted by Gasteiger charge is 2.28. The summed E-state index contributed by atoms with van der Waals surface area (Å²) >= 11 is 0. The van der Waals surface area contributed by atoms with Crippen LogP contribution >= 0.6 is 0 Å². The fourth-order valence-corrected chi connectivity index (χ4v) is 15.0. The Bertz CT molecular complexity index is 6510. The predicted molar refractivity (Wildman–Crippen MR) is 411 cm³/mol. The number of rotatable bonds is 19. The van der Waals surface area contributed by atoms with Crippen molar-refractivity contribution >= 4 is 61.4 Å². The summed E-state index contributed by atoms with van der Waals surface area (Å²) in [6.07, 6.45) is 26.3. The van der Waals surface area contributed by atoms with Crippen molar-refractivity contribution in [1.82, 2.24) is 57.5 Å². The van der Waals surface area contributed by atoms with Crippen molar-refractivity contribution in [2.45, 2.75) is 93.8 Å². The van der Waals surface area contributed by atoms with Crippen molar-refractivity contribution in [1.29, 1.82) is 0 Å². The lowest BCUT2D eigenvalue weighted by atomic mass is 10.1. The zero-order chi connectivity index (χ0) is 79.8. The second kappa shape index (κ2) is 31.9. The number of fused-ring (bicyclic) bond motifs is 4. The molecular formula is C76H78F2N12O17S4. The van der Waals surface area contributed by atoms with Gasteiger partial charge in [-0.1, -0.05) is 13.8 Å². The van der Waals surface area contributed by atoms with Crippen LogP contribution in [0.2, 0.25) is 0 Å². The Labute approximate surface area is 634 Å². The van der Waals surface area contributed by atoms with E-state index in [0.29, 0.717) is 129 Å². The number of halogens is 2. The molecule has 1 aromatic carbocycles. The maximum atomic E-state index is 14.1. The SMILES string of the molecule is Cc1cc(-c2cc(CS(C)(=O)=O)cnc2OCC(C)C)n2cc[nH]c(=O)c12.Cc1cc(-c2cc(S(C)(=O)=O)cnc2OC2CCOCC2)n2cc[nH]c(=O)c12.Cc1cc(-c2cc(S(C)(=O)=O)cnc2OCC2CC2)n2cc[nH]c(=O)c12.Cc1cc(-c2cc(S(C)(=O)=O)cnc2Oc2ccc(F)cc2F)n2cc[nH]c(=O)c12. The van der Waals surface area contributed by atoms with Crippen molar-refractivity contribution in [3.8, 4) is 74.3 Å². The summed E-state index contributed by atoms with van der Waals surface area (Å²) in [6.45, 7) is 13.6. The molecule has 0 radical (unpaired) electrons. The monoisotopic (exact) mass is 1600 g/mol. The third-order valence-corrected chi connectivity index (χ3v) is 22.1. The lowest BCUT2D eigenvalue weighted by molar-refractivity contribution is 0.0239. The largest absolute Gasteiger partial charge is 0.477 e. The molecule has 13 heterocycles. The Morgan fingerprint density at radius 3 is 1.26 bits per heavy atom. The molecule has 0 atom stereocenters. The predicted octanol–water partition coefficient (Wildman–Crippen LogP) is 10.2. The molecule has 0 spiro atoms. The summed E-state index contributed by atoms with van der Waals surface area (Å²) in [5, 5.41) is 0. The molecule has 2 aliphatic rings. The second-order valence-electron chi connectivity index (χ2n) is 27.6. The topological polar surface area (TPSA) is 383 Å². The van der Waals surface area contributed by atoms with E-state index in [9.17, 15) is 61.6 Å². The summed E-state index contributed by atoms with van der Waals surface area (Å²) < 4.78 is 159. The van der Waals surface area contributed by atoms with Gasteiger partial charge in [0.05, 0.1) is 91.9 Å². The molecule has 1 saturated heterocycles. The maximum Gasteiger partial charge on any atom is 0.272 e. The smallest absolute Gasteiger partial charge is 0.272 e. The summed E-state index contributed by atoms with van der Waals surface area (Å²) in [7, 11) is -13.7. The molecule has 111 heavy (non-hydrogen) atoms. The number of pyridine rings is 4. The maximum absolute atomic E-state index is 14.1. The number of benzene rings is 1. The molecule has 0 unspecified atom stereocenters. The molecule has 1 aliphatic heterocycles. The van der Waals surface area contributed by atoms with Crippen molar-refractivity contribution in [3.63, 3.8) is 0 Å². The van der Waals surface area contributed by atoms with Gasteiger partial charge in [0.25, 0.3) is 22.2 Å². The van der Waals surface area contributed by atoms with Crippen LogP contribution in [0.1, 0.15) is 67.3 Å². The normalized spacial score (nSPS) is 13.5. The highest BCUT2D eigenvalue weighted by molar-refractivity contribution is 7.91. The van der Waals surface area contributed by atoms with Crippen LogP contribution in [-0.4, -0.2) is 149 Å². The molecule has 15 rings (SSSR count). The van der Waals surface area contributed by atoms with E-state index in [1.807, 2.05) is 52.8 Å². The van der Waals surface area contributed by atoms with Crippen molar-refractivity contribution in [3.05, 3.63) is 222 Å². The van der Waals surface area contributed by atoms with E-state index in [1.54, 1.807) is 92.2 Å². The van der Waals surface area contributed by atoms with Crippen LogP contribution in [-0.2, 0) is 49.8 Å². The van der Waals surface area contributed by atoms with Crippen LogP contribution in [0, 0.1) is 51.2 Å². The molecule has 1 aliphatic carbocycles. The summed E-state index contributed by atoms with van der Waals surface area (Å²) in [5.74, 6) is -0.225. The summed E-state index contributed by atoms with van der Waals surface area (Å²) in [6, 6.07) is 16.3. The number of nitrogens with zero attached hydrogens (tertiary/aromatic N) is 8. The number of H-pyrrole nitrogens is 4. The average molecular weight is 1600 g/mol. The van der Waals surface area contributed by atoms with Gasteiger partial charge in [0.1, 0.15) is 34.0 Å². The molecule has 1 saturated carbocycles. The van der Waals surface area contributed by atoms with Crippen LogP contribution in [0.4, 0.5) is 8.78 Å². The zero-order valence-electron chi connectivity index (χ0n) is 61.8. The van der Waals surface area contributed by atoms with Gasteiger partial charge in [-0.25, -0.2) is 62.4 Å².